The van der Waals surface area contributed by atoms with Crippen LogP contribution in [0.2, 0.25) is 0 Å². The van der Waals surface area contributed by atoms with Crippen LogP contribution < -0.4 is 5.32 Å². The van der Waals surface area contributed by atoms with Gasteiger partial charge in [-0.1, -0.05) is 61.5 Å². The van der Waals surface area contributed by atoms with Crippen molar-refractivity contribution < 1.29 is 0 Å². The van der Waals surface area contributed by atoms with Crippen LogP contribution in [0.3, 0.4) is 0 Å². The molecule has 0 radical (unpaired) electrons. The molecule has 1 aliphatic carbocycles. The first-order valence-corrected chi connectivity index (χ1v) is 9.69. The Kier molecular flexibility index (Phi) is 5.12. The van der Waals surface area contributed by atoms with Gasteiger partial charge < -0.3 is 5.32 Å². The number of rotatable bonds is 6. The number of aromatic nitrogens is 1. The fourth-order valence-electron chi connectivity index (χ4n) is 3.86. The van der Waals surface area contributed by atoms with Crippen molar-refractivity contribution >= 4 is 0 Å². The number of aryl methyl sites for hydroxylation is 2. The average molecular weight is 342 g/mol. The van der Waals surface area contributed by atoms with Gasteiger partial charge in [0.15, 0.2) is 0 Å². The van der Waals surface area contributed by atoms with Crippen molar-refractivity contribution in [2.75, 3.05) is 0 Å². The van der Waals surface area contributed by atoms with Gasteiger partial charge in [0.2, 0.25) is 0 Å². The normalized spacial score (nSPS) is 13.0. The van der Waals surface area contributed by atoms with E-state index in [9.17, 15) is 0 Å². The van der Waals surface area contributed by atoms with Crippen molar-refractivity contribution in [1.82, 2.24) is 10.3 Å². The van der Waals surface area contributed by atoms with Gasteiger partial charge in [-0.3, -0.25) is 4.98 Å². The minimum atomic E-state index is 0.809. The van der Waals surface area contributed by atoms with E-state index in [1.165, 1.54) is 46.4 Å². The Morgan fingerprint density at radius 1 is 0.885 bits per heavy atom. The molecule has 26 heavy (non-hydrogen) atoms. The second-order valence-corrected chi connectivity index (χ2v) is 7.10. The van der Waals surface area contributed by atoms with Crippen LogP contribution in [-0.4, -0.2) is 4.98 Å². The zero-order valence-electron chi connectivity index (χ0n) is 15.5. The van der Waals surface area contributed by atoms with Crippen molar-refractivity contribution in [2.45, 2.75) is 45.7 Å². The molecule has 1 aromatic heterocycles. The third-order valence-electron chi connectivity index (χ3n) is 5.22. The van der Waals surface area contributed by atoms with Gasteiger partial charge in [0.1, 0.15) is 0 Å². The van der Waals surface area contributed by atoms with E-state index in [1.54, 1.807) is 0 Å². The molecule has 0 unspecified atom stereocenters. The number of hydrogen-bond acceptors (Lipinski definition) is 2. The third-order valence-corrected chi connectivity index (χ3v) is 5.22. The maximum Gasteiger partial charge on any atom is 0.0740 e. The van der Waals surface area contributed by atoms with Crippen LogP contribution in [0.4, 0.5) is 0 Å². The van der Waals surface area contributed by atoms with Gasteiger partial charge in [-0.25, -0.2) is 0 Å². The lowest BCUT2D eigenvalue weighted by Crippen LogP contribution is -2.14. The highest BCUT2D eigenvalue weighted by Gasteiger charge is 2.18. The second-order valence-electron chi connectivity index (χ2n) is 7.10. The topological polar surface area (TPSA) is 24.9 Å². The number of benzene rings is 2. The number of fused-ring (bicyclic) bond motifs is 1. The molecule has 2 heteroatoms. The van der Waals surface area contributed by atoms with Crippen LogP contribution in [0, 0.1) is 0 Å². The predicted octanol–water partition coefficient (Wildman–Crippen LogP) is 5.09. The SMILES string of the molecule is CCc1cccc(CNCc2cc3c(c(-c4ccccc4)n2)CCC3)c1. The van der Waals surface area contributed by atoms with Crippen molar-refractivity contribution in [3.8, 4) is 11.3 Å². The zero-order chi connectivity index (χ0) is 17.8. The Balaban J connectivity index is 1.52. The summed E-state index contributed by atoms with van der Waals surface area (Å²) in [6.45, 7) is 3.89. The molecule has 2 nitrogen and oxygen atoms in total. The summed E-state index contributed by atoms with van der Waals surface area (Å²) in [5.41, 5.74) is 9.25. The fraction of sp³-hybridized carbons (Fsp3) is 0.292. The van der Waals surface area contributed by atoms with Crippen LogP contribution in [0.5, 0.6) is 0 Å². The highest BCUT2D eigenvalue weighted by Crippen LogP contribution is 2.31. The lowest BCUT2D eigenvalue weighted by atomic mass is 10.0. The van der Waals surface area contributed by atoms with Gasteiger partial charge in [0.25, 0.3) is 0 Å². The Morgan fingerprint density at radius 2 is 1.73 bits per heavy atom. The number of pyridine rings is 1. The molecule has 0 fully saturated rings. The standard InChI is InChI=1S/C24H26N2/c1-2-18-8-6-9-19(14-18)16-25-17-22-15-21-12-7-13-23(21)24(26-22)20-10-4-3-5-11-20/h3-6,8-11,14-15,25H,2,7,12-13,16-17H2,1H3. The molecule has 2 aromatic carbocycles. The van der Waals surface area contributed by atoms with Gasteiger partial charge in [-0.2, -0.15) is 0 Å². The summed E-state index contributed by atoms with van der Waals surface area (Å²) < 4.78 is 0. The largest absolute Gasteiger partial charge is 0.307 e. The molecular formula is C24H26N2. The summed E-state index contributed by atoms with van der Waals surface area (Å²) in [5.74, 6) is 0. The third kappa shape index (κ3) is 3.71. The quantitative estimate of drug-likeness (QED) is 0.675. The molecule has 0 amide bonds. The smallest absolute Gasteiger partial charge is 0.0740 e. The molecule has 4 rings (SSSR count). The molecule has 0 atom stereocenters. The maximum absolute atomic E-state index is 5.02. The Labute approximate surface area is 156 Å². The van der Waals surface area contributed by atoms with Gasteiger partial charge in [-0.15, -0.1) is 0 Å². The first-order chi connectivity index (χ1) is 12.8. The van der Waals surface area contributed by atoms with Crippen LogP contribution >= 0.6 is 0 Å². The van der Waals surface area contributed by atoms with Crippen LogP contribution in [0.15, 0.2) is 60.7 Å². The van der Waals surface area contributed by atoms with Crippen molar-refractivity contribution in [1.29, 1.82) is 0 Å². The first kappa shape index (κ1) is 17.0. The highest BCUT2D eigenvalue weighted by atomic mass is 14.9. The van der Waals surface area contributed by atoms with E-state index < -0.39 is 0 Å². The number of hydrogen-bond donors (Lipinski definition) is 1. The lowest BCUT2D eigenvalue weighted by Gasteiger charge is -2.12. The maximum atomic E-state index is 5.02. The molecule has 0 aliphatic heterocycles. The minimum Gasteiger partial charge on any atom is -0.307 e. The molecule has 1 heterocycles. The summed E-state index contributed by atoms with van der Waals surface area (Å²) in [6.07, 6.45) is 4.67. The monoisotopic (exact) mass is 342 g/mol. The second kappa shape index (κ2) is 7.84. The van der Waals surface area contributed by atoms with E-state index in [4.69, 9.17) is 4.98 Å². The first-order valence-electron chi connectivity index (χ1n) is 9.69. The Bertz CT molecular complexity index is 884. The average Bonchev–Trinajstić information content (AvgIpc) is 3.17. The minimum absolute atomic E-state index is 0.809. The zero-order valence-corrected chi connectivity index (χ0v) is 15.5. The van der Waals surface area contributed by atoms with Crippen molar-refractivity contribution in [3.05, 3.63) is 88.6 Å². The van der Waals surface area contributed by atoms with Gasteiger partial charge in [-0.05, 0) is 54.0 Å². The lowest BCUT2D eigenvalue weighted by molar-refractivity contribution is 0.679. The van der Waals surface area contributed by atoms with E-state index in [1.807, 2.05) is 0 Å². The summed E-state index contributed by atoms with van der Waals surface area (Å²) in [5, 5.41) is 3.58. The van der Waals surface area contributed by atoms with Crippen molar-refractivity contribution in [2.24, 2.45) is 0 Å². The van der Waals surface area contributed by atoms with Crippen LogP contribution in [-0.2, 0) is 32.4 Å². The van der Waals surface area contributed by atoms with Gasteiger partial charge in [0.05, 0.1) is 11.4 Å². The molecule has 1 aliphatic rings. The molecule has 3 aromatic rings. The van der Waals surface area contributed by atoms with E-state index in [0.717, 1.165) is 31.6 Å². The van der Waals surface area contributed by atoms with Gasteiger partial charge in [0, 0.05) is 18.7 Å². The van der Waals surface area contributed by atoms with E-state index in [2.05, 4.69) is 72.9 Å². The summed E-state index contributed by atoms with van der Waals surface area (Å²) in [4.78, 5) is 5.02. The Morgan fingerprint density at radius 3 is 2.58 bits per heavy atom. The molecule has 0 saturated heterocycles. The predicted molar refractivity (Wildman–Crippen MR) is 108 cm³/mol. The van der Waals surface area contributed by atoms with Gasteiger partial charge >= 0.3 is 0 Å². The fourth-order valence-corrected chi connectivity index (χ4v) is 3.86. The van der Waals surface area contributed by atoms with Crippen molar-refractivity contribution in [3.63, 3.8) is 0 Å². The number of nitrogens with zero attached hydrogens (tertiary/aromatic N) is 1. The summed E-state index contributed by atoms with van der Waals surface area (Å²) in [7, 11) is 0. The molecule has 0 bridgehead atoms. The molecule has 0 saturated carbocycles. The van der Waals surface area contributed by atoms with Crippen LogP contribution in [0.1, 0.15) is 41.3 Å². The summed E-state index contributed by atoms with van der Waals surface area (Å²) in [6, 6.07) is 21.8. The highest BCUT2D eigenvalue weighted by molar-refractivity contribution is 5.65. The number of nitrogens with one attached hydrogen (secondary N) is 1. The van der Waals surface area contributed by atoms with E-state index in [-0.39, 0.29) is 0 Å². The summed E-state index contributed by atoms with van der Waals surface area (Å²) >= 11 is 0. The van der Waals surface area contributed by atoms with Crippen LogP contribution in [0.25, 0.3) is 11.3 Å². The van der Waals surface area contributed by atoms with E-state index in [0.29, 0.717) is 0 Å². The molecule has 132 valence electrons. The Hall–Kier alpha value is -2.45. The molecular weight excluding hydrogens is 316 g/mol. The molecule has 1 N–H and O–H groups in total. The van der Waals surface area contributed by atoms with E-state index >= 15 is 0 Å². The molecule has 0 spiro atoms.